The average molecular weight is 511 g/mol. The van der Waals surface area contributed by atoms with Gasteiger partial charge in [-0.1, -0.05) is 0 Å². The molecule has 0 aliphatic heterocycles. The standard InChI is InChI=1S/2C7H8N4Se.Ni/c2*8-7(12)11-10-5-6-3-1-2-4-9-6;/h2*1-5H,(H3,8,11,12);/q;;+2/p-2/b2*10-5+;. The van der Waals surface area contributed by atoms with Crippen LogP contribution in [0.15, 0.2) is 69.2 Å². The van der Waals surface area contributed by atoms with E-state index in [1.807, 2.05) is 36.4 Å². The molecule has 2 aromatic rings. The number of pyridine rings is 2. The van der Waals surface area contributed by atoms with Crippen molar-refractivity contribution in [3.8, 4) is 0 Å². The molecule has 0 radical (unpaired) electrons. The van der Waals surface area contributed by atoms with Gasteiger partial charge in [-0.25, -0.2) is 0 Å². The summed E-state index contributed by atoms with van der Waals surface area (Å²) < 4.78 is 0.615. The molecule has 0 aliphatic carbocycles. The van der Waals surface area contributed by atoms with E-state index in [0.717, 1.165) is 11.4 Å². The maximum Gasteiger partial charge on any atom is 2.00 e. The first-order chi connectivity index (χ1) is 11.6. The number of hydrogen-bond acceptors (Lipinski definition) is 6. The first-order valence-corrected chi connectivity index (χ1v) is 8.18. The van der Waals surface area contributed by atoms with E-state index in [-0.39, 0.29) is 16.5 Å². The molecule has 0 unspecified atom stereocenters. The number of aromatic nitrogens is 2. The molecule has 0 saturated heterocycles. The Bertz CT molecular complexity index is 649. The molecule has 132 valence electrons. The van der Waals surface area contributed by atoms with Crippen LogP contribution in [0.4, 0.5) is 0 Å². The minimum atomic E-state index is 0. The summed E-state index contributed by atoms with van der Waals surface area (Å²) in [7, 11) is 0. The second kappa shape index (κ2) is 14.5. The van der Waals surface area contributed by atoms with E-state index < -0.39 is 0 Å². The average Bonchev–Trinajstić information content (AvgIpc) is 2.57. The number of hydrogen-bond donors (Lipinski definition) is 2. The molecule has 0 amide bonds. The molecule has 0 aliphatic rings. The fourth-order valence-electron chi connectivity index (χ4n) is 1.19. The van der Waals surface area contributed by atoms with Crippen LogP contribution >= 0.6 is 0 Å². The molecule has 0 atom stereocenters. The maximum absolute atomic E-state index is 5.22. The molecule has 0 saturated carbocycles. The number of rotatable bonds is 4. The normalized spacial score (nSPS) is 11.7. The summed E-state index contributed by atoms with van der Waals surface area (Å²) in [5.41, 5.74) is 11.9. The van der Waals surface area contributed by atoms with Gasteiger partial charge in [0.1, 0.15) is 0 Å². The molecule has 2 aromatic heterocycles. The van der Waals surface area contributed by atoms with E-state index >= 15 is 0 Å². The third-order valence-electron chi connectivity index (χ3n) is 2.07. The SMILES string of the molecule is N/C([Se-])=N/N=C/c1ccccn1.N/C([Se-])=N/N=C/c1ccccn1.[Ni+2]. The Morgan fingerprint density at radius 3 is 1.48 bits per heavy atom. The van der Waals surface area contributed by atoms with Gasteiger partial charge in [0, 0.05) is 0 Å². The fourth-order valence-corrected chi connectivity index (χ4v) is 1.39. The van der Waals surface area contributed by atoms with Gasteiger partial charge in [-0.3, -0.25) is 0 Å². The van der Waals surface area contributed by atoms with Crippen LogP contribution in [0.3, 0.4) is 0 Å². The van der Waals surface area contributed by atoms with Crippen LogP contribution < -0.4 is 11.5 Å². The number of amidine groups is 2. The molecule has 0 aromatic carbocycles. The van der Waals surface area contributed by atoms with Crippen molar-refractivity contribution in [1.29, 1.82) is 0 Å². The van der Waals surface area contributed by atoms with Crippen LogP contribution in [0, 0.1) is 0 Å². The summed E-state index contributed by atoms with van der Waals surface area (Å²) in [5, 5.41) is 14.5. The Kier molecular flexibility index (Phi) is 13.4. The van der Waals surface area contributed by atoms with Crippen molar-refractivity contribution in [2.24, 2.45) is 31.9 Å². The molecule has 0 bridgehead atoms. The Morgan fingerprint density at radius 2 is 1.20 bits per heavy atom. The summed E-state index contributed by atoms with van der Waals surface area (Å²) in [4.78, 5) is 8.01. The number of nitrogens with zero attached hydrogens (tertiary/aromatic N) is 6. The van der Waals surface area contributed by atoms with Crippen LogP contribution in [-0.2, 0) is 16.5 Å². The predicted octanol–water partition coefficient (Wildman–Crippen LogP) is -0.205. The molecule has 0 spiro atoms. The third kappa shape index (κ3) is 13.1. The Morgan fingerprint density at radius 1 is 0.800 bits per heavy atom. The van der Waals surface area contributed by atoms with E-state index in [1.54, 1.807) is 12.4 Å². The van der Waals surface area contributed by atoms with Gasteiger partial charge in [0.2, 0.25) is 0 Å². The third-order valence-corrected chi connectivity index (χ3v) is 2.41. The quantitative estimate of drug-likeness (QED) is 0.255. The first kappa shape index (κ1) is 23.1. The van der Waals surface area contributed by atoms with Crippen LogP contribution in [0.5, 0.6) is 0 Å². The second-order valence-corrected chi connectivity index (χ2v) is 5.63. The molecule has 2 heterocycles. The van der Waals surface area contributed by atoms with E-state index in [0.29, 0.717) is 9.47 Å². The molecule has 4 N–H and O–H groups in total. The molecule has 11 heteroatoms. The molecule has 8 nitrogen and oxygen atoms in total. The van der Waals surface area contributed by atoms with Gasteiger partial charge in [0.05, 0.1) is 0 Å². The smallest absolute Gasteiger partial charge is 2.00 e. The van der Waals surface area contributed by atoms with Crippen LogP contribution in [-0.4, -0.2) is 63.9 Å². The van der Waals surface area contributed by atoms with Gasteiger partial charge in [0.15, 0.2) is 0 Å². The Balaban J connectivity index is 0.000000443. The Hall–Kier alpha value is -1.89. The van der Waals surface area contributed by atoms with E-state index in [9.17, 15) is 0 Å². The van der Waals surface area contributed by atoms with Gasteiger partial charge in [-0.2, -0.15) is 0 Å². The van der Waals surface area contributed by atoms with Crippen molar-refractivity contribution in [2.45, 2.75) is 0 Å². The topological polar surface area (TPSA) is 127 Å². The monoisotopic (exact) mass is 512 g/mol. The van der Waals surface area contributed by atoms with Crippen LogP contribution in [0.25, 0.3) is 0 Å². The maximum atomic E-state index is 5.22. The summed E-state index contributed by atoms with van der Waals surface area (Å²) in [6, 6.07) is 11.1. The van der Waals surface area contributed by atoms with Crippen LogP contribution in [0.1, 0.15) is 11.4 Å². The zero-order chi connectivity index (χ0) is 17.6. The predicted molar refractivity (Wildman–Crippen MR) is 98.4 cm³/mol. The van der Waals surface area contributed by atoms with Crippen molar-refractivity contribution < 1.29 is 16.5 Å². The van der Waals surface area contributed by atoms with Gasteiger partial charge >= 0.3 is 172 Å². The molecule has 25 heavy (non-hydrogen) atoms. The summed E-state index contributed by atoms with van der Waals surface area (Å²) in [6.45, 7) is 0. The fraction of sp³-hybridized carbons (Fsp3) is 0. The minimum Gasteiger partial charge on any atom is 2.00 e. The minimum absolute atomic E-state index is 0. The van der Waals surface area contributed by atoms with Crippen molar-refractivity contribution in [1.82, 2.24) is 9.97 Å². The van der Waals surface area contributed by atoms with Crippen molar-refractivity contribution >= 4 is 53.9 Å². The molecular formula is C14H14N8NiSe2. The molecular weight excluding hydrogens is 497 g/mol. The molecule has 0 fully saturated rings. The van der Waals surface area contributed by atoms with E-state index in [1.165, 1.54) is 12.4 Å². The van der Waals surface area contributed by atoms with Gasteiger partial charge in [0.25, 0.3) is 0 Å². The zero-order valence-corrected chi connectivity index (χ0v) is 17.2. The summed E-state index contributed by atoms with van der Waals surface area (Å²) in [5.74, 6) is 0. The molecule has 2 rings (SSSR count). The van der Waals surface area contributed by atoms with Crippen molar-refractivity contribution in [3.63, 3.8) is 0 Å². The van der Waals surface area contributed by atoms with Crippen molar-refractivity contribution in [3.05, 3.63) is 60.2 Å². The van der Waals surface area contributed by atoms with Crippen LogP contribution in [0.2, 0.25) is 0 Å². The summed E-state index contributed by atoms with van der Waals surface area (Å²) in [6.07, 6.45) is 6.44. The second-order valence-electron chi connectivity index (χ2n) is 3.87. The van der Waals surface area contributed by atoms with Gasteiger partial charge < -0.3 is 0 Å². The zero-order valence-electron chi connectivity index (χ0n) is 12.7. The van der Waals surface area contributed by atoms with Crippen molar-refractivity contribution in [2.75, 3.05) is 0 Å². The van der Waals surface area contributed by atoms with Gasteiger partial charge in [-0.05, 0) is 0 Å². The Labute approximate surface area is 172 Å². The number of nitrogens with two attached hydrogens (primary N) is 2. The van der Waals surface area contributed by atoms with E-state index in [4.69, 9.17) is 11.5 Å². The largest absolute Gasteiger partial charge is 2.00 e. The first-order valence-electron chi connectivity index (χ1n) is 6.47. The van der Waals surface area contributed by atoms with E-state index in [2.05, 4.69) is 62.4 Å². The van der Waals surface area contributed by atoms with Gasteiger partial charge in [-0.15, -0.1) is 0 Å². The summed E-state index contributed by atoms with van der Waals surface area (Å²) >= 11 is 5.04.